The van der Waals surface area contributed by atoms with Crippen molar-refractivity contribution in [2.24, 2.45) is 0 Å². The molecule has 0 saturated carbocycles. The monoisotopic (exact) mass is 309 g/mol. The predicted molar refractivity (Wildman–Crippen MR) is 77.6 cm³/mol. The number of nitrogens with zero attached hydrogens (tertiary/aromatic N) is 4. The topological polar surface area (TPSA) is 107 Å². The molecular formula is C12H15N5O3S. The second kappa shape index (κ2) is 6.53. The molecule has 0 saturated heterocycles. The normalized spacial score (nSPS) is 10.6. The summed E-state index contributed by atoms with van der Waals surface area (Å²) in [5.74, 6) is 1.03. The minimum absolute atomic E-state index is 0.171. The van der Waals surface area contributed by atoms with E-state index in [9.17, 15) is 10.1 Å². The van der Waals surface area contributed by atoms with E-state index in [0.717, 1.165) is 23.9 Å². The molecule has 0 radical (unpaired) electrons. The van der Waals surface area contributed by atoms with Crippen LogP contribution in [-0.4, -0.2) is 26.4 Å². The molecule has 21 heavy (non-hydrogen) atoms. The van der Waals surface area contributed by atoms with Gasteiger partial charge in [0.2, 0.25) is 5.95 Å². The van der Waals surface area contributed by atoms with Crippen LogP contribution in [0.15, 0.2) is 20.9 Å². The van der Waals surface area contributed by atoms with E-state index in [0.29, 0.717) is 23.5 Å². The summed E-state index contributed by atoms with van der Waals surface area (Å²) in [5.41, 5.74) is 0.578. The third kappa shape index (κ3) is 3.69. The van der Waals surface area contributed by atoms with Crippen molar-refractivity contribution in [3.8, 4) is 0 Å². The fraction of sp³-hybridized carbons (Fsp3) is 0.417. The van der Waals surface area contributed by atoms with E-state index in [-0.39, 0.29) is 10.7 Å². The van der Waals surface area contributed by atoms with Gasteiger partial charge in [-0.25, -0.2) is 9.97 Å². The van der Waals surface area contributed by atoms with Crippen LogP contribution in [-0.2, 0) is 0 Å². The fourth-order valence-electron chi connectivity index (χ4n) is 1.45. The first kappa shape index (κ1) is 15.2. The summed E-state index contributed by atoms with van der Waals surface area (Å²) < 4.78 is 5.42. The zero-order chi connectivity index (χ0) is 15.4. The Labute approximate surface area is 125 Å². The molecule has 2 rings (SSSR count). The molecule has 0 aliphatic carbocycles. The molecule has 0 atom stereocenters. The summed E-state index contributed by atoms with van der Waals surface area (Å²) in [6, 6.07) is 0. The summed E-state index contributed by atoms with van der Waals surface area (Å²) in [6.45, 7) is 6.30. The Bertz CT molecular complexity index is 639. The SMILES string of the molecule is CCCNc1ncc([N+](=O)[O-])c(Sc2nc(C)c(C)o2)n1. The van der Waals surface area contributed by atoms with Gasteiger partial charge in [-0.3, -0.25) is 10.1 Å². The highest BCUT2D eigenvalue weighted by molar-refractivity contribution is 7.99. The van der Waals surface area contributed by atoms with Crippen LogP contribution in [0.25, 0.3) is 0 Å². The van der Waals surface area contributed by atoms with Crippen molar-refractivity contribution in [3.05, 3.63) is 27.8 Å². The lowest BCUT2D eigenvalue weighted by atomic mass is 10.4. The molecule has 2 aromatic rings. The molecule has 1 N–H and O–H groups in total. The number of hydrogen-bond donors (Lipinski definition) is 1. The molecule has 2 aromatic heterocycles. The first-order valence-corrected chi connectivity index (χ1v) is 7.20. The summed E-state index contributed by atoms with van der Waals surface area (Å²) in [6.07, 6.45) is 2.09. The molecule has 9 heteroatoms. The van der Waals surface area contributed by atoms with Crippen LogP contribution < -0.4 is 5.32 Å². The highest BCUT2D eigenvalue weighted by Gasteiger charge is 2.21. The van der Waals surface area contributed by atoms with Crippen molar-refractivity contribution < 1.29 is 9.34 Å². The molecule has 0 amide bonds. The van der Waals surface area contributed by atoms with Crippen LogP contribution >= 0.6 is 11.8 Å². The second-order valence-electron chi connectivity index (χ2n) is 4.29. The first-order valence-electron chi connectivity index (χ1n) is 6.38. The van der Waals surface area contributed by atoms with Crippen molar-refractivity contribution in [1.29, 1.82) is 0 Å². The second-order valence-corrected chi connectivity index (χ2v) is 5.23. The van der Waals surface area contributed by atoms with E-state index >= 15 is 0 Å². The van der Waals surface area contributed by atoms with Crippen molar-refractivity contribution in [1.82, 2.24) is 15.0 Å². The van der Waals surface area contributed by atoms with Crippen LogP contribution in [0.5, 0.6) is 0 Å². The molecule has 0 fully saturated rings. The molecule has 0 bridgehead atoms. The van der Waals surface area contributed by atoms with Gasteiger partial charge in [0.1, 0.15) is 12.0 Å². The lowest BCUT2D eigenvalue weighted by Crippen LogP contribution is -2.06. The Balaban J connectivity index is 2.31. The summed E-state index contributed by atoms with van der Waals surface area (Å²) in [5, 5.41) is 14.6. The molecule has 0 aliphatic rings. The van der Waals surface area contributed by atoms with E-state index < -0.39 is 4.92 Å². The molecule has 0 aliphatic heterocycles. The Kier molecular flexibility index (Phi) is 4.73. The number of hydrogen-bond acceptors (Lipinski definition) is 8. The minimum Gasteiger partial charge on any atom is -0.436 e. The van der Waals surface area contributed by atoms with Crippen LogP contribution in [0, 0.1) is 24.0 Å². The van der Waals surface area contributed by atoms with E-state index in [4.69, 9.17) is 4.42 Å². The van der Waals surface area contributed by atoms with Gasteiger partial charge < -0.3 is 9.73 Å². The zero-order valence-electron chi connectivity index (χ0n) is 11.9. The van der Waals surface area contributed by atoms with Gasteiger partial charge in [-0.1, -0.05) is 6.92 Å². The number of oxazole rings is 1. The molecule has 8 nitrogen and oxygen atoms in total. The van der Waals surface area contributed by atoms with Crippen molar-refractivity contribution in [2.75, 3.05) is 11.9 Å². The minimum atomic E-state index is -0.519. The van der Waals surface area contributed by atoms with Crippen LogP contribution in [0.2, 0.25) is 0 Å². The number of nitrogens with one attached hydrogen (secondary N) is 1. The van der Waals surface area contributed by atoms with E-state index in [2.05, 4.69) is 20.3 Å². The number of nitro groups is 1. The van der Waals surface area contributed by atoms with E-state index in [1.807, 2.05) is 13.8 Å². The van der Waals surface area contributed by atoms with Crippen molar-refractivity contribution in [2.45, 2.75) is 37.4 Å². The average molecular weight is 309 g/mol. The molecular weight excluding hydrogens is 294 g/mol. The van der Waals surface area contributed by atoms with Gasteiger partial charge in [0.05, 0.1) is 10.6 Å². The van der Waals surface area contributed by atoms with Crippen LogP contribution in [0.3, 0.4) is 0 Å². The predicted octanol–water partition coefficient (Wildman–Crippen LogP) is 2.96. The largest absolute Gasteiger partial charge is 0.436 e. The van der Waals surface area contributed by atoms with Gasteiger partial charge in [0.15, 0.2) is 5.03 Å². The number of anilines is 1. The number of aryl methyl sites for hydroxylation is 2. The smallest absolute Gasteiger partial charge is 0.320 e. The highest BCUT2D eigenvalue weighted by Crippen LogP contribution is 2.33. The molecule has 112 valence electrons. The van der Waals surface area contributed by atoms with E-state index in [1.165, 1.54) is 6.20 Å². The zero-order valence-corrected chi connectivity index (χ0v) is 12.7. The quantitative estimate of drug-likeness (QED) is 0.493. The maximum atomic E-state index is 11.1. The number of rotatable bonds is 6. The maximum absolute atomic E-state index is 11.1. The molecule has 0 spiro atoms. The average Bonchev–Trinajstić information content (AvgIpc) is 2.75. The third-order valence-corrected chi connectivity index (χ3v) is 3.50. The van der Waals surface area contributed by atoms with Gasteiger partial charge in [-0.15, -0.1) is 0 Å². The maximum Gasteiger partial charge on any atom is 0.320 e. The van der Waals surface area contributed by atoms with E-state index in [1.54, 1.807) is 6.92 Å². The van der Waals surface area contributed by atoms with Gasteiger partial charge in [-0.2, -0.15) is 4.98 Å². The lowest BCUT2D eigenvalue weighted by Gasteiger charge is -2.04. The van der Waals surface area contributed by atoms with Crippen LogP contribution in [0.4, 0.5) is 11.6 Å². The van der Waals surface area contributed by atoms with Gasteiger partial charge >= 0.3 is 5.69 Å². The standard InChI is InChI=1S/C12H15N5O3S/c1-4-5-13-11-14-6-9(17(18)19)10(16-11)21-12-15-7(2)8(3)20-12/h6H,4-5H2,1-3H3,(H,13,14,16). The number of aromatic nitrogens is 3. The Hall–Kier alpha value is -2.16. The Morgan fingerprint density at radius 1 is 1.43 bits per heavy atom. The molecule has 0 unspecified atom stereocenters. The van der Waals surface area contributed by atoms with Crippen molar-refractivity contribution >= 4 is 23.4 Å². The Morgan fingerprint density at radius 2 is 2.19 bits per heavy atom. The first-order chi connectivity index (χ1) is 10.0. The highest BCUT2D eigenvalue weighted by atomic mass is 32.2. The van der Waals surface area contributed by atoms with Gasteiger partial charge in [0.25, 0.3) is 5.22 Å². The van der Waals surface area contributed by atoms with Gasteiger partial charge in [-0.05, 0) is 32.0 Å². The van der Waals surface area contributed by atoms with Gasteiger partial charge in [0, 0.05) is 6.54 Å². The third-order valence-electron chi connectivity index (χ3n) is 2.66. The lowest BCUT2D eigenvalue weighted by molar-refractivity contribution is -0.388. The fourth-order valence-corrected chi connectivity index (χ4v) is 2.33. The Morgan fingerprint density at radius 3 is 2.76 bits per heavy atom. The summed E-state index contributed by atoms with van der Waals surface area (Å²) in [4.78, 5) is 22.8. The van der Waals surface area contributed by atoms with Crippen molar-refractivity contribution in [3.63, 3.8) is 0 Å². The summed E-state index contributed by atoms with van der Waals surface area (Å²) in [7, 11) is 0. The molecule has 0 aromatic carbocycles. The molecule has 2 heterocycles. The summed E-state index contributed by atoms with van der Waals surface area (Å²) >= 11 is 1.01. The van der Waals surface area contributed by atoms with Crippen LogP contribution in [0.1, 0.15) is 24.8 Å².